The van der Waals surface area contributed by atoms with Crippen molar-refractivity contribution in [3.63, 3.8) is 0 Å². The molecule has 3 rings (SSSR count). The summed E-state index contributed by atoms with van der Waals surface area (Å²) in [4.78, 5) is 16.0. The van der Waals surface area contributed by atoms with E-state index in [-0.39, 0.29) is 12.5 Å². The van der Waals surface area contributed by atoms with E-state index in [4.69, 9.17) is 4.74 Å². The summed E-state index contributed by atoms with van der Waals surface area (Å²) in [7, 11) is 0. The Morgan fingerprint density at radius 1 is 1.12 bits per heavy atom. The fraction of sp³-hybridized carbons (Fsp3) is 0.0588. The van der Waals surface area contributed by atoms with Gasteiger partial charge in [0.25, 0.3) is 5.91 Å². The molecule has 0 aliphatic rings. The van der Waals surface area contributed by atoms with Crippen molar-refractivity contribution >= 4 is 22.4 Å². The molecule has 4 nitrogen and oxygen atoms in total. The molecule has 0 unspecified atom stereocenters. The van der Waals surface area contributed by atoms with Gasteiger partial charge in [-0.2, -0.15) is 0 Å². The minimum Gasteiger partial charge on any atom is -0.484 e. The van der Waals surface area contributed by atoms with Gasteiger partial charge in [-0.05, 0) is 30.3 Å². The van der Waals surface area contributed by atoms with Crippen molar-refractivity contribution in [2.45, 2.75) is 0 Å². The maximum Gasteiger partial charge on any atom is 0.264 e. The Labute approximate surface area is 140 Å². The van der Waals surface area contributed by atoms with Gasteiger partial charge in [0, 0.05) is 10.9 Å². The molecular weight excluding hydrogens is 334 g/mol. The Kier molecular flexibility index (Phi) is 4.81. The van der Waals surface area contributed by atoms with Crippen LogP contribution in [0.25, 0.3) is 11.3 Å². The van der Waals surface area contributed by atoms with E-state index in [2.05, 4.69) is 10.3 Å². The number of carbonyl (C=O) groups excluding carboxylic acids is 1. The minimum absolute atomic E-state index is 0.149. The lowest BCUT2D eigenvalue weighted by atomic mass is 10.2. The number of hydrogen-bond acceptors (Lipinski definition) is 4. The van der Waals surface area contributed by atoms with Crippen molar-refractivity contribution in [1.29, 1.82) is 0 Å². The molecule has 0 fully saturated rings. The van der Waals surface area contributed by atoms with E-state index in [1.807, 2.05) is 18.2 Å². The highest BCUT2D eigenvalue weighted by Crippen LogP contribution is 2.26. The van der Waals surface area contributed by atoms with Gasteiger partial charge in [-0.1, -0.05) is 18.2 Å². The quantitative estimate of drug-likeness (QED) is 0.756. The Hall–Kier alpha value is -2.80. The zero-order valence-corrected chi connectivity index (χ0v) is 13.1. The number of rotatable bonds is 5. The molecular formula is C17H12F2N2O2S. The van der Waals surface area contributed by atoms with E-state index in [1.54, 1.807) is 17.5 Å². The van der Waals surface area contributed by atoms with E-state index >= 15 is 0 Å². The first-order valence-electron chi connectivity index (χ1n) is 7.00. The summed E-state index contributed by atoms with van der Waals surface area (Å²) in [5.74, 6) is -1.62. The van der Waals surface area contributed by atoms with Crippen LogP contribution in [-0.4, -0.2) is 17.5 Å². The van der Waals surface area contributed by atoms with Crippen LogP contribution >= 0.6 is 11.3 Å². The molecule has 1 heterocycles. The van der Waals surface area contributed by atoms with Crippen LogP contribution in [0.15, 0.2) is 53.9 Å². The van der Waals surface area contributed by atoms with E-state index in [9.17, 15) is 13.6 Å². The molecule has 7 heteroatoms. The SMILES string of the molecule is O=C(COc1ccccc1)Nc1nc(-c2ccc(F)c(F)c2)cs1. The first kappa shape index (κ1) is 16.1. The van der Waals surface area contributed by atoms with Gasteiger partial charge in [0.1, 0.15) is 5.75 Å². The minimum atomic E-state index is -0.942. The molecule has 0 aliphatic carbocycles. The smallest absolute Gasteiger partial charge is 0.264 e. The van der Waals surface area contributed by atoms with Gasteiger partial charge in [-0.15, -0.1) is 11.3 Å². The molecule has 1 amide bonds. The van der Waals surface area contributed by atoms with E-state index in [0.29, 0.717) is 22.1 Å². The van der Waals surface area contributed by atoms with Gasteiger partial charge in [-0.25, -0.2) is 13.8 Å². The van der Waals surface area contributed by atoms with Gasteiger partial charge >= 0.3 is 0 Å². The van der Waals surface area contributed by atoms with Gasteiger partial charge < -0.3 is 4.74 Å². The van der Waals surface area contributed by atoms with Crippen LogP contribution < -0.4 is 10.1 Å². The van der Waals surface area contributed by atoms with Crippen LogP contribution in [0.1, 0.15) is 0 Å². The van der Waals surface area contributed by atoms with Gasteiger partial charge in [-0.3, -0.25) is 10.1 Å². The molecule has 24 heavy (non-hydrogen) atoms. The van der Waals surface area contributed by atoms with Crippen LogP contribution in [0.3, 0.4) is 0 Å². The highest BCUT2D eigenvalue weighted by atomic mass is 32.1. The Morgan fingerprint density at radius 2 is 1.92 bits per heavy atom. The average Bonchev–Trinajstić information content (AvgIpc) is 3.05. The molecule has 0 spiro atoms. The number of benzene rings is 2. The second-order valence-electron chi connectivity index (χ2n) is 4.82. The Balaban J connectivity index is 1.61. The third-order valence-corrected chi connectivity index (χ3v) is 3.84. The number of nitrogens with one attached hydrogen (secondary N) is 1. The van der Waals surface area contributed by atoms with Crippen LogP contribution in [-0.2, 0) is 4.79 Å². The zero-order valence-electron chi connectivity index (χ0n) is 12.3. The highest BCUT2D eigenvalue weighted by molar-refractivity contribution is 7.14. The lowest BCUT2D eigenvalue weighted by molar-refractivity contribution is -0.118. The van der Waals surface area contributed by atoms with Crippen LogP contribution in [0.4, 0.5) is 13.9 Å². The number of ether oxygens (including phenoxy) is 1. The first-order valence-corrected chi connectivity index (χ1v) is 7.88. The number of anilines is 1. The second kappa shape index (κ2) is 7.18. The number of amides is 1. The second-order valence-corrected chi connectivity index (χ2v) is 5.67. The summed E-state index contributed by atoms with van der Waals surface area (Å²) in [5.41, 5.74) is 0.893. The maximum absolute atomic E-state index is 13.3. The van der Waals surface area contributed by atoms with Gasteiger partial charge in [0.05, 0.1) is 5.69 Å². The molecule has 0 saturated heterocycles. The number of thiazole rings is 1. The Bertz CT molecular complexity index is 853. The number of hydrogen-bond donors (Lipinski definition) is 1. The molecule has 3 aromatic rings. The summed E-state index contributed by atoms with van der Waals surface area (Å²) >= 11 is 1.19. The number of carbonyl (C=O) groups is 1. The molecule has 0 aliphatic heterocycles. The predicted octanol–water partition coefficient (Wildman–Crippen LogP) is 4.11. The van der Waals surface area contributed by atoms with Gasteiger partial charge in [0.15, 0.2) is 23.4 Å². The molecule has 1 N–H and O–H groups in total. The summed E-state index contributed by atoms with van der Waals surface area (Å²) in [6, 6.07) is 12.5. The fourth-order valence-electron chi connectivity index (χ4n) is 1.94. The van der Waals surface area contributed by atoms with Crippen molar-refractivity contribution in [1.82, 2.24) is 4.98 Å². The molecule has 0 bridgehead atoms. The van der Waals surface area contributed by atoms with Crippen LogP contribution in [0.5, 0.6) is 5.75 Å². The molecule has 0 saturated carbocycles. The summed E-state index contributed by atoms with van der Waals surface area (Å²) in [6.07, 6.45) is 0. The van der Waals surface area contributed by atoms with Crippen molar-refractivity contribution in [3.8, 4) is 17.0 Å². The van der Waals surface area contributed by atoms with Crippen molar-refractivity contribution in [3.05, 3.63) is 65.5 Å². The summed E-state index contributed by atoms with van der Waals surface area (Å²) < 4.78 is 31.5. The van der Waals surface area contributed by atoms with E-state index in [0.717, 1.165) is 12.1 Å². The van der Waals surface area contributed by atoms with Crippen molar-refractivity contribution in [2.75, 3.05) is 11.9 Å². The highest BCUT2D eigenvalue weighted by Gasteiger charge is 2.10. The fourth-order valence-corrected chi connectivity index (χ4v) is 2.68. The van der Waals surface area contributed by atoms with Crippen molar-refractivity contribution < 1.29 is 18.3 Å². The molecule has 0 atom stereocenters. The topological polar surface area (TPSA) is 51.2 Å². The summed E-state index contributed by atoms with van der Waals surface area (Å²) in [6.45, 7) is -0.149. The van der Waals surface area contributed by atoms with E-state index < -0.39 is 11.6 Å². The monoisotopic (exact) mass is 346 g/mol. The Morgan fingerprint density at radius 3 is 2.67 bits per heavy atom. The third kappa shape index (κ3) is 3.94. The van der Waals surface area contributed by atoms with Crippen molar-refractivity contribution in [2.24, 2.45) is 0 Å². The van der Waals surface area contributed by atoms with Crippen LogP contribution in [0, 0.1) is 11.6 Å². The number of halogens is 2. The normalized spacial score (nSPS) is 10.4. The molecule has 122 valence electrons. The zero-order chi connectivity index (χ0) is 16.9. The number of nitrogens with zero attached hydrogens (tertiary/aromatic N) is 1. The molecule has 0 radical (unpaired) electrons. The first-order chi connectivity index (χ1) is 11.6. The standard InChI is InChI=1S/C17H12F2N2O2S/c18-13-7-6-11(8-14(13)19)15-10-24-17(20-15)21-16(22)9-23-12-4-2-1-3-5-12/h1-8,10H,9H2,(H,20,21,22). The lowest BCUT2D eigenvalue weighted by Crippen LogP contribution is -2.20. The van der Waals surface area contributed by atoms with E-state index in [1.165, 1.54) is 17.4 Å². The number of para-hydroxylation sites is 1. The third-order valence-electron chi connectivity index (χ3n) is 3.08. The van der Waals surface area contributed by atoms with Gasteiger partial charge in [0.2, 0.25) is 0 Å². The average molecular weight is 346 g/mol. The number of aromatic nitrogens is 1. The molecule has 1 aromatic heterocycles. The summed E-state index contributed by atoms with van der Waals surface area (Å²) in [5, 5.41) is 4.61. The molecule has 2 aromatic carbocycles. The lowest BCUT2D eigenvalue weighted by Gasteiger charge is -2.05. The predicted molar refractivity (Wildman–Crippen MR) is 88.0 cm³/mol. The van der Waals surface area contributed by atoms with Crippen LogP contribution in [0.2, 0.25) is 0 Å². The maximum atomic E-state index is 13.3. The largest absolute Gasteiger partial charge is 0.484 e.